The number of aliphatic hydroxyl groups is 1. The van der Waals surface area contributed by atoms with Crippen molar-refractivity contribution in [2.45, 2.75) is 30.7 Å². The molecule has 3 rings (SSSR count). The molecule has 2 aromatic carbocycles. The molecule has 0 aliphatic carbocycles. The van der Waals surface area contributed by atoms with Crippen molar-refractivity contribution in [1.82, 2.24) is 10.6 Å². The molecule has 1 aliphatic rings. The van der Waals surface area contributed by atoms with Gasteiger partial charge >= 0.3 is 0 Å². The molecular weight excluding hydrogens is 412 g/mol. The predicted octanol–water partition coefficient (Wildman–Crippen LogP) is 3.32. The van der Waals surface area contributed by atoms with Crippen LogP contribution in [0, 0.1) is 0 Å². The molecule has 1 saturated heterocycles. The summed E-state index contributed by atoms with van der Waals surface area (Å²) in [4.78, 5) is 22.9. The first-order valence-corrected chi connectivity index (χ1v) is 10.6. The van der Waals surface area contributed by atoms with Gasteiger partial charge in [-0.05, 0) is 48.7 Å². The fourth-order valence-corrected chi connectivity index (χ4v) is 3.95. The van der Waals surface area contributed by atoms with Crippen molar-refractivity contribution < 1.29 is 19.4 Å². The molecule has 0 saturated carbocycles. The number of halogens is 1. The zero-order chi connectivity index (χ0) is 20.8. The van der Waals surface area contributed by atoms with Crippen LogP contribution in [-0.4, -0.2) is 40.7 Å². The number of carbonyl (C=O) groups excluding carboxylic acids is 2. The molecule has 0 aromatic heterocycles. The predicted molar refractivity (Wildman–Crippen MR) is 114 cm³/mol. The molecular formula is C21H23ClN2O4S. The Morgan fingerprint density at radius 1 is 1.24 bits per heavy atom. The van der Waals surface area contributed by atoms with E-state index in [-0.39, 0.29) is 22.4 Å². The summed E-state index contributed by atoms with van der Waals surface area (Å²) in [6.07, 6.45) is -0.144. The van der Waals surface area contributed by atoms with Crippen molar-refractivity contribution in [3.8, 4) is 5.75 Å². The Labute approximate surface area is 179 Å². The van der Waals surface area contributed by atoms with Crippen molar-refractivity contribution in [3.63, 3.8) is 0 Å². The molecule has 0 spiro atoms. The number of benzene rings is 2. The molecule has 3 N–H and O–H groups in total. The van der Waals surface area contributed by atoms with Crippen LogP contribution in [0.25, 0.3) is 0 Å². The summed E-state index contributed by atoms with van der Waals surface area (Å²) in [6.45, 7) is 2.81. The highest BCUT2D eigenvalue weighted by atomic mass is 35.5. The van der Waals surface area contributed by atoms with E-state index in [4.69, 9.17) is 16.3 Å². The second-order valence-corrected chi connectivity index (χ2v) is 8.53. The second kappa shape index (κ2) is 10.1. The van der Waals surface area contributed by atoms with Crippen molar-refractivity contribution in [3.05, 3.63) is 64.7 Å². The number of hydrogen-bond acceptors (Lipinski definition) is 6. The SMILES string of the molecule is C[C@H](COc1ccc(CC2SC(=O)NC2=O)cc1)NC[C@H](O)c1cccc(Cl)c1. The monoisotopic (exact) mass is 434 g/mol. The summed E-state index contributed by atoms with van der Waals surface area (Å²) < 4.78 is 5.78. The molecule has 2 aromatic rings. The Morgan fingerprint density at radius 2 is 2.00 bits per heavy atom. The van der Waals surface area contributed by atoms with Crippen molar-refractivity contribution >= 4 is 34.5 Å². The zero-order valence-electron chi connectivity index (χ0n) is 15.9. The molecule has 6 nitrogen and oxygen atoms in total. The van der Waals surface area contributed by atoms with Crippen LogP contribution in [0.1, 0.15) is 24.2 Å². The topological polar surface area (TPSA) is 87.7 Å². The van der Waals surface area contributed by atoms with Gasteiger partial charge in [0.25, 0.3) is 5.24 Å². The highest BCUT2D eigenvalue weighted by molar-refractivity contribution is 8.15. The molecule has 154 valence electrons. The number of thioether (sulfide) groups is 1. The molecule has 0 bridgehead atoms. The summed E-state index contributed by atoms with van der Waals surface area (Å²) >= 11 is 6.98. The number of ether oxygens (including phenoxy) is 1. The van der Waals surface area contributed by atoms with Crippen LogP contribution in [0.2, 0.25) is 5.02 Å². The van der Waals surface area contributed by atoms with E-state index < -0.39 is 6.10 Å². The summed E-state index contributed by atoms with van der Waals surface area (Å²) in [5.74, 6) is 0.484. The number of imide groups is 1. The van der Waals surface area contributed by atoms with Crippen LogP contribution < -0.4 is 15.4 Å². The fourth-order valence-electron chi connectivity index (χ4n) is 2.89. The van der Waals surface area contributed by atoms with Crippen molar-refractivity contribution in [2.75, 3.05) is 13.2 Å². The van der Waals surface area contributed by atoms with E-state index >= 15 is 0 Å². The lowest BCUT2D eigenvalue weighted by Crippen LogP contribution is -2.34. The molecule has 2 amide bonds. The zero-order valence-corrected chi connectivity index (χ0v) is 17.5. The lowest BCUT2D eigenvalue weighted by molar-refractivity contribution is -0.118. The van der Waals surface area contributed by atoms with Crippen LogP contribution in [0.15, 0.2) is 48.5 Å². The average molecular weight is 435 g/mol. The van der Waals surface area contributed by atoms with Gasteiger partial charge in [-0.15, -0.1) is 0 Å². The first-order chi connectivity index (χ1) is 13.9. The third-order valence-corrected chi connectivity index (χ3v) is 5.72. The van der Waals surface area contributed by atoms with Gasteiger partial charge in [0.2, 0.25) is 5.91 Å². The van der Waals surface area contributed by atoms with Gasteiger partial charge in [-0.3, -0.25) is 14.9 Å². The minimum absolute atomic E-state index is 0.0353. The lowest BCUT2D eigenvalue weighted by Gasteiger charge is -2.18. The Balaban J connectivity index is 1.41. The Morgan fingerprint density at radius 3 is 2.66 bits per heavy atom. The van der Waals surface area contributed by atoms with E-state index in [0.717, 1.165) is 28.6 Å². The average Bonchev–Trinajstić information content (AvgIpc) is 3.02. The first kappa shape index (κ1) is 21.6. The van der Waals surface area contributed by atoms with Crippen LogP contribution in [0.4, 0.5) is 4.79 Å². The summed E-state index contributed by atoms with van der Waals surface area (Å²) in [6, 6.07) is 14.7. The van der Waals surface area contributed by atoms with Gasteiger partial charge in [0, 0.05) is 17.6 Å². The van der Waals surface area contributed by atoms with Crippen molar-refractivity contribution in [1.29, 1.82) is 0 Å². The number of carbonyl (C=O) groups is 2. The Kier molecular flexibility index (Phi) is 7.55. The Bertz CT molecular complexity index is 862. The lowest BCUT2D eigenvalue weighted by atomic mass is 10.1. The van der Waals surface area contributed by atoms with Crippen LogP contribution in [0.5, 0.6) is 5.75 Å². The minimum atomic E-state index is -0.645. The first-order valence-electron chi connectivity index (χ1n) is 9.31. The number of aliphatic hydroxyl groups excluding tert-OH is 1. The van der Waals surface area contributed by atoms with E-state index in [2.05, 4.69) is 10.6 Å². The number of nitrogens with one attached hydrogen (secondary N) is 2. The van der Waals surface area contributed by atoms with Crippen LogP contribution >= 0.6 is 23.4 Å². The molecule has 1 fully saturated rings. The van der Waals surface area contributed by atoms with Gasteiger partial charge < -0.3 is 15.2 Å². The molecule has 1 aliphatic heterocycles. The normalized spacial score (nSPS) is 18.4. The van der Waals surface area contributed by atoms with E-state index in [9.17, 15) is 14.7 Å². The molecule has 29 heavy (non-hydrogen) atoms. The third-order valence-electron chi connectivity index (χ3n) is 4.50. The van der Waals surface area contributed by atoms with Crippen LogP contribution in [-0.2, 0) is 11.2 Å². The smallest absolute Gasteiger partial charge is 0.286 e. The highest BCUT2D eigenvalue weighted by Crippen LogP contribution is 2.24. The maximum absolute atomic E-state index is 11.6. The quantitative estimate of drug-likeness (QED) is 0.561. The van der Waals surface area contributed by atoms with Gasteiger partial charge in [0.1, 0.15) is 12.4 Å². The molecule has 1 unspecified atom stereocenters. The summed E-state index contributed by atoms with van der Waals surface area (Å²) in [5, 5.41) is 15.7. The molecule has 0 radical (unpaired) electrons. The molecule has 1 heterocycles. The number of amides is 2. The number of rotatable bonds is 9. The van der Waals surface area contributed by atoms with Crippen LogP contribution in [0.3, 0.4) is 0 Å². The van der Waals surface area contributed by atoms with Gasteiger partial charge in [-0.1, -0.05) is 47.6 Å². The van der Waals surface area contributed by atoms with E-state index in [1.54, 1.807) is 12.1 Å². The van der Waals surface area contributed by atoms with Gasteiger partial charge in [0.15, 0.2) is 0 Å². The third kappa shape index (κ3) is 6.47. The maximum atomic E-state index is 11.6. The standard InChI is InChI=1S/C21H23ClN2O4S/c1-13(23-11-18(25)15-3-2-4-16(22)10-15)12-28-17-7-5-14(6-8-17)9-19-20(26)24-21(27)29-19/h2-8,10,13,18-19,23,25H,9,11-12H2,1H3,(H,24,26,27)/t13-,18+,19?/m1/s1. The molecule has 3 atom stereocenters. The maximum Gasteiger partial charge on any atom is 0.286 e. The largest absolute Gasteiger partial charge is 0.492 e. The van der Waals surface area contributed by atoms with Crippen molar-refractivity contribution in [2.24, 2.45) is 0 Å². The molecule has 8 heteroatoms. The van der Waals surface area contributed by atoms with Gasteiger partial charge in [-0.2, -0.15) is 0 Å². The highest BCUT2D eigenvalue weighted by Gasteiger charge is 2.31. The number of hydrogen-bond donors (Lipinski definition) is 3. The minimum Gasteiger partial charge on any atom is -0.492 e. The Hall–Kier alpha value is -2.06. The van der Waals surface area contributed by atoms with E-state index in [1.807, 2.05) is 43.3 Å². The van der Waals surface area contributed by atoms with E-state index in [1.165, 1.54) is 0 Å². The van der Waals surface area contributed by atoms with E-state index in [0.29, 0.717) is 24.6 Å². The summed E-state index contributed by atoms with van der Waals surface area (Å²) in [5.41, 5.74) is 1.74. The van der Waals surface area contributed by atoms with Gasteiger partial charge in [-0.25, -0.2) is 0 Å². The van der Waals surface area contributed by atoms with Gasteiger partial charge in [0.05, 0.1) is 11.4 Å². The fraction of sp³-hybridized carbons (Fsp3) is 0.333. The second-order valence-electron chi connectivity index (χ2n) is 6.92. The summed E-state index contributed by atoms with van der Waals surface area (Å²) in [7, 11) is 0.